The van der Waals surface area contributed by atoms with Crippen LogP contribution >= 0.6 is 11.3 Å². The Kier molecular flexibility index (Phi) is 5.54. The Morgan fingerprint density at radius 1 is 0.926 bits per heavy atom. The Labute approximate surface area is 162 Å². The van der Waals surface area contributed by atoms with Crippen molar-refractivity contribution in [1.82, 2.24) is 15.0 Å². The third kappa shape index (κ3) is 4.79. The van der Waals surface area contributed by atoms with Crippen LogP contribution in [0.15, 0.2) is 52.9 Å². The van der Waals surface area contributed by atoms with Crippen LogP contribution in [0, 0.1) is 0 Å². The van der Waals surface area contributed by atoms with Gasteiger partial charge in [-0.15, -0.1) is 11.3 Å². The first-order valence-electron chi connectivity index (χ1n) is 9.02. The van der Waals surface area contributed by atoms with Gasteiger partial charge in [-0.05, 0) is 42.8 Å². The van der Waals surface area contributed by atoms with Crippen LogP contribution in [-0.4, -0.2) is 34.3 Å². The molecule has 27 heavy (non-hydrogen) atoms. The van der Waals surface area contributed by atoms with Crippen LogP contribution in [0.3, 0.4) is 0 Å². The zero-order valence-corrected chi connectivity index (χ0v) is 15.7. The Bertz CT molecular complexity index is 874. The van der Waals surface area contributed by atoms with Crippen molar-refractivity contribution in [1.29, 1.82) is 0 Å². The summed E-state index contributed by atoms with van der Waals surface area (Å²) in [6.45, 7) is 1.93. The highest BCUT2D eigenvalue weighted by atomic mass is 32.1. The molecular weight excluding hydrogens is 358 g/mol. The second-order valence-corrected chi connectivity index (χ2v) is 7.19. The van der Waals surface area contributed by atoms with Gasteiger partial charge in [0.2, 0.25) is 17.8 Å². The maximum Gasteiger partial charge on any atom is 0.250 e. The van der Waals surface area contributed by atoms with Crippen molar-refractivity contribution in [2.24, 2.45) is 5.10 Å². The van der Waals surface area contributed by atoms with E-state index in [0.29, 0.717) is 17.8 Å². The first-order chi connectivity index (χ1) is 13.4. The lowest BCUT2D eigenvalue weighted by molar-refractivity contribution is 0.568. The van der Waals surface area contributed by atoms with Crippen molar-refractivity contribution < 1.29 is 0 Å². The Balaban J connectivity index is 1.57. The van der Waals surface area contributed by atoms with Crippen molar-refractivity contribution >= 4 is 41.1 Å². The molecule has 1 aromatic carbocycles. The van der Waals surface area contributed by atoms with Crippen molar-refractivity contribution in [3.63, 3.8) is 0 Å². The molecule has 0 unspecified atom stereocenters. The number of rotatable bonds is 6. The zero-order valence-electron chi connectivity index (χ0n) is 14.9. The maximum atomic E-state index is 4.61. The maximum absolute atomic E-state index is 4.61. The molecule has 3 heterocycles. The molecule has 0 spiro atoms. The summed E-state index contributed by atoms with van der Waals surface area (Å²) in [5, 5.41) is 9.52. The largest absolute Gasteiger partial charge is 0.341 e. The van der Waals surface area contributed by atoms with Gasteiger partial charge >= 0.3 is 0 Å². The molecule has 1 saturated heterocycles. The van der Waals surface area contributed by atoms with Gasteiger partial charge in [-0.2, -0.15) is 20.1 Å². The molecule has 1 aliphatic heterocycles. The number of para-hydroxylation sites is 1. The normalized spacial score (nSPS) is 14.4. The lowest BCUT2D eigenvalue weighted by atomic mass is 10.1. The first-order valence-corrected chi connectivity index (χ1v) is 9.90. The van der Waals surface area contributed by atoms with Crippen molar-refractivity contribution in [2.45, 2.75) is 19.3 Å². The van der Waals surface area contributed by atoms with Crippen LogP contribution in [0.25, 0.3) is 0 Å². The Morgan fingerprint density at radius 3 is 2.52 bits per heavy atom. The van der Waals surface area contributed by atoms with Gasteiger partial charge in [0.15, 0.2) is 0 Å². The van der Waals surface area contributed by atoms with Gasteiger partial charge in [0.1, 0.15) is 0 Å². The molecule has 3 aromatic rings. The van der Waals surface area contributed by atoms with E-state index < -0.39 is 0 Å². The fourth-order valence-corrected chi connectivity index (χ4v) is 3.46. The van der Waals surface area contributed by atoms with Crippen LogP contribution in [0.2, 0.25) is 0 Å². The minimum Gasteiger partial charge on any atom is -0.341 e. The summed E-state index contributed by atoms with van der Waals surface area (Å²) in [5.74, 6) is 1.61. The molecule has 0 aliphatic carbocycles. The summed E-state index contributed by atoms with van der Waals surface area (Å²) in [5.41, 5.74) is 3.87. The minimum absolute atomic E-state index is 0.428. The monoisotopic (exact) mass is 379 g/mol. The van der Waals surface area contributed by atoms with Gasteiger partial charge in [-0.1, -0.05) is 24.3 Å². The van der Waals surface area contributed by atoms with Gasteiger partial charge in [-0.25, -0.2) is 5.43 Å². The van der Waals surface area contributed by atoms with Crippen LogP contribution < -0.4 is 15.6 Å². The highest BCUT2D eigenvalue weighted by Gasteiger charge is 2.16. The average molecular weight is 379 g/mol. The summed E-state index contributed by atoms with van der Waals surface area (Å²) in [6, 6.07) is 13.9. The summed E-state index contributed by atoms with van der Waals surface area (Å²) >= 11 is 1.63. The topological polar surface area (TPSA) is 78.3 Å². The quantitative estimate of drug-likeness (QED) is 0.496. The fraction of sp³-hybridized carbons (Fsp3) is 0.263. The van der Waals surface area contributed by atoms with Gasteiger partial charge in [0.05, 0.1) is 6.21 Å². The summed E-state index contributed by atoms with van der Waals surface area (Å²) in [6.07, 6.45) is 5.34. The smallest absolute Gasteiger partial charge is 0.250 e. The van der Waals surface area contributed by atoms with Gasteiger partial charge < -0.3 is 10.2 Å². The van der Waals surface area contributed by atoms with E-state index in [1.54, 1.807) is 17.6 Å². The molecule has 2 N–H and O–H groups in total. The van der Waals surface area contributed by atoms with Crippen LogP contribution in [0.5, 0.6) is 0 Å². The number of hydrogen-bond acceptors (Lipinski definition) is 8. The predicted molar refractivity (Wildman–Crippen MR) is 111 cm³/mol. The molecule has 0 radical (unpaired) electrons. The number of anilines is 4. The van der Waals surface area contributed by atoms with E-state index in [2.05, 4.69) is 35.7 Å². The molecule has 7 nitrogen and oxygen atoms in total. The molecule has 8 heteroatoms. The number of nitrogens with zero attached hydrogens (tertiary/aromatic N) is 5. The fourth-order valence-electron chi connectivity index (χ4n) is 2.87. The van der Waals surface area contributed by atoms with Gasteiger partial charge in [0, 0.05) is 23.7 Å². The number of benzene rings is 1. The van der Waals surface area contributed by atoms with Gasteiger partial charge in [0.25, 0.3) is 0 Å². The third-order valence-corrected chi connectivity index (χ3v) is 5.00. The first kappa shape index (κ1) is 17.4. The molecule has 0 saturated carbocycles. The standard InChI is InChI=1S/C19H21N7S/c1-3-8-15(9-4-1)21-17-22-18(25-20-14-16-10-7-13-27-16)24-19(23-17)26-11-5-2-6-12-26/h1,3-4,7-10,13-14H,2,5-6,11-12H2,(H2,21,22,23,24,25)/b20-14-. The molecule has 138 valence electrons. The number of hydrogen-bond donors (Lipinski definition) is 2. The second kappa shape index (κ2) is 8.59. The molecule has 1 aliphatic rings. The predicted octanol–water partition coefficient (Wildman–Crippen LogP) is 4.11. The van der Waals surface area contributed by atoms with Crippen molar-refractivity contribution in [2.75, 3.05) is 28.7 Å². The summed E-state index contributed by atoms with van der Waals surface area (Å²) in [7, 11) is 0. The third-order valence-electron chi connectivity index (χ3n) is 4.19. The van der Waals surface area contributed by atoms with Crippen molar-refractivity contribution in [3.05, 3.63) is 52.7 Å². The lowest BCUT2D eigenvalue weighted by Crippen LogP contribution is -2.31. The highest BCUT2D eigenvalue weighted by molar-refractivity contribution is 7.11. The van der Waals surface area contributed by atoms with E-state index in [4.69, 9.17) is 0 Å². The Hall–Kier alpha value is -3.00. The van der Waals surface area contributed by atoms with Crippen LogP contribution in [0.4, 0.5) is 23.5 Å². The summed E-state index contributed by atoms with van der Waals surface area (Å²) in [4.78, 5) is 16.9. The minimum atomic E-state index is 0.428. The van der Waals surface area contributed by atoms with Crippen molar-refractivity contribution in [3.8, 4) is 0 Å². The number of nitrogens with one attached hydrogen (secondary N) is 2. The van der Waals surface area contributed by atoms with Crippen LogP contribution in [-0.2, 0) is 0 Å². The lowest BCUT2D eigenvalue weighted by Gasteiger charge is -2.26. The van der Waals surface area contributed by atoms with Gasteiger partial charge in [-0.3, -0.25) is 0 Å². The molecule has 0 amide bonds. The van der Waals surface area contributed by atoms with E-state index in [0.717, 1.165) is 36.5 Å². The SMILES string of the molecule is C(=N/Nc1nc(Nc2ccccc2)nc(N2CCCCC2)n1)/c1cccs1. The van der Waals surface area contributed by atoms with E-state index >= 15 is 0 Å². The average Bonchev–Trinajstić information content (AvgIpc) is 3.23. The number of piperidine rings is 1. The Morgan fingerprint density at radius 2 is 1.74 bits per heavy atom. The molecular formula is C19H21N7S. The number of hydrazone groups is 1. The number of thiophene rings is 1. The molecule has 1 fully saturated rings. The molecule has 0 bridgehead atoms. The molecule has 4 rings (SSSR count). The molecule has 2 aromatic heterocycles. The van der Waals surface area contributed by atoms with E-state index in [1.165, 1.54) is 6.42 Å². The number of aromatic nitrogens is 3. The van der Waals surface area contributed by atoms with E-state index in [9.17, 15) is 0 Å². The van der Waals surface area contributed by atoms with E-state index in [-0.39, 0.29) is 0 Å². The molecule has 0 atom stereocenters. The summed E-state index contributed by atoms with van der Waals surface area (Å²) < 4.78 is 0. The highest BCUT2D eigenvalue weighted by Crippen LogP contribution is 2.20. The zero-order chi connectivity index (χ0) is 18.3. The van der Waals surface area contributed by atoms with E-state index in [1.807, 2.05) is 47.8 Å². The van der Waals surface area contributed by atoms with Crippen LogP contribution in [0.1, 0.15) is 24.1 Å². The second-order valence-electron chi connectivity index (χ2n) is 6.21.